The Morgan fingerprint density at radius 3 is 2.77 bits per heavy atom. The normalized spacial score (nSPS) is 48.9. The molecule has 1 aliphatic heterocycles. The predicted molar refractivity (Wildman–Crippen MR) is 116 cm³/mol. The van der Waals surface area contributed by atoms with Crippen molar-refractivity contribution in [3.8, 4) is 0 Å². The number of esters is 1. The average Bonchev–Trinajstić information content (AvgIpc) is 3.10. The fourth-order valence-corrected chi connectivity index (χ4v) is 9.11. The Bertz CT molecular complexity index is 862. The molecular formula is C25H36N2O4. The van der Waals surface area contributed by atoms with Gasteiger partial charge < -0.3 is 20.1 Å². The molecule has 0 bridgehead atoms. The summed E-state index contributed by atoms with van der Waals surface area (Å²) in [5.74, 6) is 8.15. The molecule has 1 unspecified atom stereocenters. The highest BCUT2D eigenvalue weighted by atomic mass is 16.7. The Labute approximate surface area is 184 Å². The molecule has 6 heteroatoms. The number of hydrazone groups is 1. The summed E-state index contributed by atoms with van der Waals surface area (Å²) in [6, 6.07) is 0. The highest BCUT2D eigenvalue weighted by Crippen LogP contribution is 2.78. The quantitative estimate of drug-likeness (QED) is 0.313. The third-order valence-corrected chi connectivity index (χ3v) is 10.3. The van der Waals surface area contributed by atoms with Crippen molar-refractivity contribution >= 4 is 11.7 Å². The first-order valence-electron chi connectivity index (χ1n) is 12.3. The molecule has 4 saturated carbocycles. The number of allylic oxidation sites excluding steroid dienone is 1. The second-order valence-corrected chi connectivity index (χ2v) is 11.3. The Balaban J connectivity index is 1.34. The van der Waals surface area contributed by atoms with E-state index in [-0.39, 0.29) is 22.9 Å². The van der Waals surface area contributed by atoms with Crippen molar-refractivity contribution in [2.45, 2.75) is 77.6 Å². The van der Waals surface area contributed by atoms with Crippen LogP contribution in [0.3, 0.4) is 0 Å². The summed E-state index contributed by atoms with van der Waals surface area (Å²) in [7, 11) is 0. The molecule has 5 aliphatic carbocycles. The van der Waals surface area contributed by atoms with Gasteiger partial charge in [0, 0.05) is 43.2 Å². The zero-order valence-corrected chi connectivity index (χ0v) is 19.1. The molecule has 8 atom stereocenters. The minimum Gasteiger partial charge on any atom is -0.463 e. The van der Waals surface area contributed by atoms with Crippen LogP contribution in [-0.4, -0.2) is 36.8 Å². The van der Waals surface area contributed by atoms with E-state index in [2.05, 4.69) is 25.0 Å². The van der Waals surface area contributed by atoms with Crippen molar-refractivity contribution in [2.75, 3.05) is 13.2 Å². The van der Waals surface area contributed by atoms with Gasteiger partial charge in [-0.05, 0) is 61.7 Å². The number of rotatable bonds is 2. The summed E-state index contributed by atoms with van der Waals surface area (Å²) in [6.45, 7) is 7.48. The van der Waals surface area contributed by atoms with Crippen LogP contribution in [0.5, 0.6) is 0 Å². The van der Waals surface area contributed by atoms with Crippen molar-refractivity contribution in [1.29, 1.82) is 0 Å². The van der Waals surface area contributed by atoms with E-state index in [0.29, 0.717) is 42.8 Å². The largest absolute Gasteiger partial charge is 0.463 e. The first-order chi connectivity index (χ1) is 14.8. The molecule has 0 aromatic carbocycles. The van der Waals surface area contributed by atoms with Crippen molar-refractivity contribution in [3.63, 3.8) is 0 Å². The van der Waals surface area contributed by atoms with Crippen LogP contribution in [-0.2, 0) is 19.0 Å². The molecule has 31 heavy (non-hydrogen) atoms. The van der Waals surface area contributed by atoms with Crippen LogP contribution < -0.4 is 5.84 Å². The van der Waals surface area contributed by atoms with Crippen LogP contribution in [0.4, 0.5) is 0 Å². The lowest BCUT2D eigenvalue weighted by Crippen LogP contribution is -2.55. The number of nitrogens with zero attached hydrogens (tertiary/aromatic N) is 1. The number of nitrogens with two attached hydrogens (primary N) is 1. The second kappa shape index (κ2) is 6.57. The van der Waals surface area contributed by atoms with Gasteiger partial charge in [-0.1, -0.05) is 18.6 Å². The molecule has 0 aromatic heterocycles. The van der Waals surface area contributed by atoms with E-state index in [1.807, 2.05) is 0 Å². The molecule has 170 valence electrons. The molecule has 1 heterocycles. The maximum Gasteiger partial charge on any atom is 0.302 e. The number of carbonyl (C=O) groups excluding carboxylic acids is 1. The first-order valence-corrected chi connectivity index (χ1v) is 12.3. The Morgan fingerprint density at radius 1 is 1.29 bits per heavy atom. The number of carbonyl (C=O) groups is 1. The summed E-state index contributed by atoms with van der Waals surface area (Å²) in [6.07, 6.45) is 10.0. The zero-order chi connectivity index (χ0) is 21.6. The average molecular weight is 429 g/mol. The van der Waals surface area contributed by atoms with Gasteiger partial charge in [0.1, 0.15) is 6.10 Å². The minimum absolute atomic E-state index is 0.0282. The Morgan fingerprint density at radius 2 is 2.06 bits per heavy atom. The highest BCUT2D eigenvalue weighted by molar-refractivity contribution is 5.95. The monoisotopic (exact) mass is 428 g/mol. The van der Waals surface area contributed by atoms with Crippen molar-refractivity contribution in [2.24, 2.45) is 51.4 Å². The van der Waals surface area contributed by atoms with Crippen LogP contribution >= 0.6 is 0 Å². The van der Waals surface area contributed by atoms with Gasteiger partial charge in [0.15, 0.2) is 5.79 Å². The fraction of sp³-hybridized carbons (Fsp3) is 0.840. The van der Waals surface area contributed by atoms with E-state index in [1.165, 1.54) is 31.1 Å². The highest BCUT2D eigenvalue weighted by Gasteiger charge is 2.75. The van der Waals surface area contributed by atoms with Gasteiger partial charge in [0.05, 0.1) is 13.2 Å². The lowest BCUT2D eigenvalue weighted by atomic mass is 9.49. The van der Waals surface area contributed by atoms with E-state index >= 15 is 0 Å². The molecule has 6 nitrogen and oxygen atoms in total. The smallest absolute Gasteiger partial charge is 0.302 e. The van der Waals surface area contributed by atoms with Gasteiger partial charge in [-0.15, -0.1) is 0 Å². The second-order valence-electron chi connectivity index (χ2n) is 11.3. The molecule has 2 spiro atoms. The molecule has 1 saturated heterocycles. The standard InChI is InChI=1S/C25H36N2O4/c1-14(31-15(2)28)18-6-7-19-17-5-4-16-12-24(29-10-11-30-24)9-8-23(16,3)21(17)22(27-26)20-13-25(18,19)20/h4,14,17-21H,5-13,26H2,1-3H3/b27-22+/t14?,17-,18+,19-,20+,21+,23-,25+/m0/s1. The summed E-state index contributed by atoms with van der Waals surface area (Å²) < 4.78 is 17.8. The van der Waals surface area contributed by atoms with Gasteiger partial charge in [0.2, 0.25) is 0 Å². The summed E-state index contributed by atoms with van der Waals surface area (Å²) in [4.78, 5) is 11.6. The maximum absolute atomic E-state index is 11.6. The molecule has 0 aromatic rings. The van der Waals surface area contributed by atoms with E-state index in [1.54, 1.807) is 0 Å². The Hall–Kier alpha value is -1.40. The molecular weight excluding hydrogens is 392 g/mol. The lowest BCUT2D eigenvalue weighted by Gasteiger charge is -2.56. The molecule has 6 rings (SSSR count). The topological polar surface area (TPSA) is 83.1 Å². The van der Waals surface area contributed by atoms with E-state index in [9.17, 15) is 4.79 Å². The van der Waals surface area contributed by atoms with Gasteiger partial charge >= 0.3 is 5.97 Å². The SMILES string of the molecule is CC(=O)OC(C)[C@H]1CC[C@H]2[C@@H]3CC=C4CC5(CC[C@]4(C)[C@H]3/C(=N/N)[C@H]3C[C@@]312)OCCO5. The zero-order valence-electron chi connectivity index (χ0n) is 19.1. The maximum atomic E-state index is 11.6. The van der Waals surface area contributed by atoms with Crippen LogP contribution in [0.1, 0.15) is 65.7 Å². The molecule has 0 amide bonds. The van der Waals surface area contributed by atoms with Crippen LogP contribution in [0.15, 0.2) is 16.8 Å². The van der Waals surface area contributed by atoms with Crippen molar-refractivity contribution in [3.05, 3.63) is 11.6 Å². The van der Waals surface area contributed by atoms with Crippen LogP contribution in [0, 0.1) is 40.4 Å². The Kier molecular flexibility index (Phi) is 4.28. The number of hydrogen-bond donors (Lipinski definition) is 1. The predicted octanol–water partition coefficient (Wildman–Crippen LogP) is 3.79. The van der Waals surface area contributed by atoms with Crippen LogP contribution in [0.2, 0.25) is 0 Å². The third-order valence-electron chi connectivity index (χ3n) is 10.3. The van der Waals surface area contributed by atoms with Gasteiger partial charge in [-0.2, -0.15) is 5.10 Å². The molecule has 5 fully saturated rings. The van der Waals surface area contributed by atoms with Gasteiger partial charge in [-0.3, -0.25) is 4.79 Å². The van der Waals surface area contributed by atoms with Crippen molar-refractivity contribution in [1.82, 2.24) is 0 Å². The fourth-order valence-electron chi connectivity index (χ4n) is 9.11. The van der Waals surface area contributed by atoms with Gasteiger partial charge in [0.25, 0.3) is 0 Å². The molecule has 2 N–H and O–H groups in total. The third kappa shape index (κ3) is 2.58. The lowest BCUT2D eigenvalue weighted by molar-refractivity contribution is -0.181. The van der Waals surface area contributed by atoms with E-state index in [4.69, 9.17) is 20.1 Å². The van der Waals surface area contributed by atoms with Crippen LogP contribution in [0.25, 0.3) is 0 Å². The minimum atomic E-state index is -0.395. The van der Waals surface area contributed by atoms with Crippen molar-refractivity contribution < 1.29 is 19.0 Å². The number of ether oxygens (including phenoxy) is 3. The van der Waals surface area contributed by atoms with E-state index in [0.717, 1.165) is 32.1 Å². The summed E-state index contributed by atoms with van der Waals surface area (Å²) in [5.41, 5.74) is 3.08. The number of hydrogen-bond acceptors (Lipinski definition) is 6. The van der Waals surface area contributed by atoms with Gasteiger partial charge in [-0.25, -0.2) is 0 Å². The van der Waals surface area contributed by atoms with E-state index < -0.39 is 5.79 Å². The number of fused-ring (bicyclic) bond motifs is 4. The molecule has 6 aliphatic rings. The first kappa shape index (κ1) is 20.2. The summed E-state index contributed by atoms with van der Waals surface area (Å²) in [5, 5.41) is 4.51. The summed E-state index contributed by atoms with van der Waals surface area (Å²) >= 11 is 0. The molecule has 0 radical (unpaired) electrons.